The van der Waals surface area contributed by atoms with Crippen molar-refractivity contribution in [3.8, 4) is 0 Å². The van der Waals surface area contributed by atoms with Crippen LogP contribution in [0.5, 0.6) is 0 Å². The summed E-state index contributed by atoms with van der Waals surface area (Å²) in [5.41, 5.74) is 0. The molecule has 2 aliphatic rings. The van der Waals surface area contributed by atoms with E-state index in [9.17, 15) is 0 Å². The van der Waals surface area contributed by atoms with Gasteiger partial charge in [-0.3, -0.25) is 0 Å². The lowest BCUT2D eigenvalue weighted by atomic mass is 9.89. The molecule has 0 aromatic carbocycles. The molecular formula is C14H29N3. The summed E-state index contributed by atoms with van der Waals surface area (Å²) in [6, 6.07) is 1.71. The van der Waals surface area contributed by atoms with Gasteiger partial charge in [-0.05, 0) is 65.7 Å². The number of hydrogen-bond acceptors (Lipinski definition) is 3. The molecule has 2 unspecified atom stereocenters. The number of rotatable bonds is 6. The molecule has 2 atom stereocenters. The standard InChI is InChI=1S/C14H29N3/c1-16(2)8-9-17(3)7-6-12-10-13-4-5-14(11-12)15-13/h12-15H,4-11H2,1-3H3. The molecule has 100 valence electrons. The summed E-state index contributed by atoms with van der Waals surface area (Å²) in [6.45, 7) is 3.65. The van der Waals surface area contributed by atoms with Crippen LogP contribution in [0.15, 0.2) is 0 Å². The van der Waals surface area contributed by atoms with Gasteiger partial charge in [-0.15, -0.1) is 0 Å². The highest BCUT2D eigenvalue weighted by Crippen LogP contribution is 2.32. The molecule has 2 rings (SSSR count). The third-order valence-corrected chi connectivity index (χ3v) is 4.42. The summed E-state index contributed by atoms with van der Waals surface area (Å²) in [5, 5.41) is 3.73. The molecular weight excluding hydrogens is 210 g/mol. The highest BCUT2D eigenvalue weighted by Gasteiger charge is 2.32. The van der Waals surface area contributed by atoms with E-state index < -0.39 is 0 Å². The molecule has 0 amide bonds. The Bertz CT molecular complexity index is 218. The number of hydrogen-bond donors (Lipinski definition) is 1. The molecule has 3 nitrogen and oxygen atoms in total. The van der Waals surface area contributed by atoms with Gasteiger partial charge in [0.05, 0.1) is 0 Å². The molecule has 17 heavy (non-hydrogen) atoms. The molecule has 2 bridgehead atoms. The Morgan fingerprint density at radius 2 is 1.59 bits per heavy atom. The third-order valence-electron chi connectivity index (χ3n) is 4.42. The molecule has 2 aliphatic heterocycles. The SMILES string of the molecule is CN(C)CCN(C)CCC1CC2CCC(C1)N2. The number of fused-ring (bicyclic) bond motifs is 2. The molecule has 2 heterocycles. The fourth-order valence-corrected chi connectivity index (χ4v) is 3.30. The lowest BCUT2D eigenvalue weighted by Crippen LogP contribution is -2.39. The van der Waals surface area contributed by atoms with Crippen molar-refractivity contribution in [3.05, 3.63) is 0 Å². The van der Waals surface area contributed by atoms with Crippen molar-refractivity contribution in [1.82, 2.24) is 15.1 Å². The fraction of sp³-hybridized carbons (Fsp3) is 1.00. The van der Waals surface area contributed by atoms with Gasteiger partial charge in [0.2, 0.25) is 0 Å². The first-order valence-electron chi connectivity index (χ1n) is 7.23. The minimum absolute atomic E-state index is 0.853. The Labute approximate surface area is 107 Å². The molecule has 3 heteroatoms. The van der Waals surface area contributed by atoms with Crippen molar-refractivity contribution in [2.75, 3.05) is 40.8 Å². The largest absolute Gasteiger partial charge is 0.311 e. The first kappa shape index (κ1) is 13.3. The minimum atomic E-state index is 0.853. The van der Waals surface area contributed by atoms with E-state index >= 15 is 0 Å². The monoisotopic (exact) mass is 239 g/mol. The second-order valence-electron chi connectivity index (χ2n) is 6.37. The lowest BCUT2D eigenvalue weighted by Gasteiger charge is -2.30. The molecule has 0 aromatic heterocycles. The van der Waals surface area contributed by atoms with Gasteiger partial charge in [-0.25, -0.2) is 0 Å². The molecule has 2 saturated heterocycles. The van der Waals surface area contributed by atoms with Crippen LogP contribution in [0.3, 0.4) is 0 Å². The van der Waals surface area contributed by atoms with Crippen LogP contribution in [0.2, 0.25) is 0 Å². The van der Waals surface area contributed by atoms with Crippen LogP contribution in [0.1, 0.15) is 32.1 Å². The van der Waals surface area contributed by atoms with Crippen LogP contribution in [0.25, 0.3) is 0 Å². The van der Waals surface area contributed by atoms with Crippen molar-refractivity contribution < 1.29 is 0 Å². The minimum Gasteiger partial charge on any atom is -0.311 e. The molecule has 0 saturated carbocycles. The average Bonchev–Trinajstić information content (AvgIpc) is 2.63. The van der Waals surface area contributed by atoms with Gasteiger partial charge >= 0.3 is 0 Å². The summed E-state index contributed by atoms with van der Waals surface area (Å²) < 4.78 is 0. The maximum absolute atomic E-state index is 3.73. The summed E-state index contributed by atoms with van der Waals surface area (Å²) >= 11 is 0. The van der Waals surface area contributed by atoms with Crippen molar-refractivity contribution in [3.63, 3.8) is 0 Å². The van der Waals surface area contributed by atoms with Crippen LogP contribution in [-0.2, 0) is 0 Å². The summed E-state index contributed by atoms with van der Waals surface area (Å²) in [4.78, 5) is 4.76. The molecule has 0 radical (unpaired) electrons. The lowest BCUT2D eigenvalue weighted by molar-refractivity contribution is 0.229. The zero-order valence-electron chi connectivity index (χ0n) is 11.8. The highest BCUT2D eigenvalue weighted by atomic mass is 15.1. The number of piperidine rings is 1. The van der Waals surface area contributed by atoms with Crippen LogP contribution in [0.4, 0.5) is 0 Å². The summed E-state index contributed by atoms with van der Waals surface area (Å²) in [5.74, 6) is 0.982. The van der Waals surface area contributed by atoms with E-state index in [1.165, 1.54) is 51.7 Å². The van der Waals surface area contributed by atoms with E-state index in [4.69, 9.17) is 0 Å². The molecule has 0 spiro atoms. The van der Waals surface area contributed by atoms with Gasteiger partial charge < -0.3 is 15.1 Å². The number of likely N-dealkylation sites (N-methyl/N-ethyl adjacent to an activating group) is 2. The average molecular weight is 239 g/mol. The van der Waals surface area contributed by atoms with Crippen molar-refractivity contribution in [2.45, 2.75) is 44.2 Å². The van der Waals surface area contributed by atoms with Gasteiger partial charge in [0.1, 0.15) is 0 Å². The third kappa shape index (κ3) is 4.23. The van der Waals surface area contributed by atoms with Crippen LogP contribution < -0.4 is 5.32 Å². The first-order chi connectivity index (χ1) is 8.13. The van der Waals surface area contributed by atoms with Gasteiger partial charge in [0.15, 0.2) is 0 Å². The summed E-state index contributed by atoms with van der Waals surface area (Å²) in [7, 11) is 6.57. The van der Waals surface area contributed by atoms with Gasteiger partial charge in [0, 0.05) is 25.2 Å². The van der Waals surface area contributed by atoms with Crippen LogP contribution >= 0.6 is 0 Å². The predicted molar refractivity (Wildman–Crippen MR) is 73.3 cm³/mol. The van der Waals surface area contributed by atoms with Gasteiger partial charge in [0.25, 0.3) is 0 Å². The Balaban J connectivity index is 1.61. The molecule has 0 aliphatic carbocycles. The normalized spacial score (nSPS) is 32.6. The van der Waals surface area contributed by atoms with Gasteiger partial charge in [-0.2, -0.15) is 0 Å². The zero-order valence-corrected chi connectivity index (χ0v) is 11.8. The first-order valence-corrected chi connectivity index (χ1v) is 7.23. The second-order valence-corrected chi connectivity index (χ2v) is 6.37. The predicted octanol–water partition coefficient (Wildman–Crippen LogP) is 1.40. The number of nitrogens with one attached hydrogen (secondary N) is 1. The van der Waals surface area contributed by atoms with Crippen molar-refractivity contribution in [1.29, 1.82) is 0 Å². The zero-order chi connectivity index (χ0) is 12.3. The Kier molecular flexibility index (Phi) is 4.83. The van der Waals surface area contributed by atoms with E-state index in [1.54, 1.807) is 0 Å². The Morgan fingerprint density at radius 3 is 2.18 bits per heavy atom. The smallest absolute Gasteiger partial charge is 0.0106 e. The van der Waals surface area contributed by atoms with E-state index in [0.717, 1.165) is 18.0 Å². The maximum atomic E-state index is 3.73. The highest BCUT2D eigenvalue weighted by molar-refractivity contribution is 4.91. The van der Waals surface area contributed by atoms with Gasteiger partial charge in [-0.1, -0.05) is 0 Å². The number of nitrogens with zero attached hydrogens (tertiary/aromatic N) is 2. The van der Waals surface area contributed by atoms with E-state index in [1.807, 2.05) is 0 Å². The molecule has 0 aromatic rings. The van der Waals surface area contributed by atoms with E-state index in [0.29, 0.717) is 0 Å². The van der Waals surface area contributed by atoms with Crippen molar-refractivity contribution in [2.24, 2.45) is 5.92 Å². The fourth-order valence-electron chi connectivity index (χ4n) is 3.30. The van der Waals surface area contributed by atoms with Crippen LogP contribution in [0, 0.1) is 5.92 Å². The Hall–Kier alpha value is -0.120. The molecule has 1 N–H and O–H groups in total. The van der Waals surface area contributed by atoms with E-state index in [-0.39, 0.29) is 0 Å². The van der Waals surface area contributed by atoms with Crippen molar-refractivity contribution >= 4 is 0 Å². The molecule has 2 fully saturated rings. The quantitative estimate of drug-likeness (QED) is 0.756. The topological polar surface area (TPSA) is 18.5 Å². The Morgan fingerprint density at radius 1 is 0.941 bits per heavy atom. The summed E-state index contributed by atoms with van der Waals surface area (Å²) in [6.07, 6.45) is 7.12. The second kappa shape index (κ2) is 6.17. The van der Waals surface area contributed by atoms with E-state index in [2.05, 4.69) is 36.3 Å². The van der Waals surface area contributed by atoms with Crippen LogP contribution in [-0.4, -0.2) is 62.7 Å². The maximum Gasteiger partial charge on any atom is 0.0106 e.